The molecule has 0 bridgehead atoms. The first-order valence-electron chi connectivity index (χ1n) is 9.13. The van der Waals surface area contributed by atoms with Crippen LogP contribution in [0.15, 0.2) is 72.9 Å². The second-order valence-electron chi connectivity index (χ2n) is 6.35. The number of nitrogens with zero attached hydrogens (tertiary/aromatic N) is 2. The van der Waals surface area contributed by atoms with Gasteiger partial charge in [-0.25, -0.2) is 9.18 Å². The predicted molar refractivity (Wildman–Crippen MR) is 106 cm³/mol. The lowest BCUT2D eigenvalue weighted by molar-refractivity contribution is 0.0529. The molecule has 0 saturated heterocycles. The van der Waals surface area contributed by atoms with Gasteiger partial charge in [-0.05, 0) is 61.5 Å². The van der Waals surface area contributed by atoms with Gasteiger partial charge in [0.2, 0.25) is 5.78 Å². The van der Waals surface area contributed by atoms with Crippen LogP contribution < -0.4 is 0 Å². The number of hydrogen-bond acceptors (Lipinski definition) is 4. The summed E-state index contributed by atoms with van der Waals surface area (Å²) in [5, 5.41) is 0. The van der Waals surface area contributed by atoms with Crippen LogP contribution in [0.25, 0.3) is 16.9 Å². The first-order valence-corrected chi connectivity index (χ1v) is 9.13. The molecule has 4 aromatic rings. The molecule has 3 heterocycles. The van der Waals surface area contributed by atoms with E-state index in [1.807, 2.05) is 18.2 Å². The molecule has 4 rings (SSSR count). The van der Waals surface area contributed by atoms with Crippen molar-refractivity contribution in [2.75, 3.05) is 6.61 Å². The molecule has 0 atom stereocenters. The van der Waals surface area contributed by atoms with Gasteiger partial charge in [0, 0.05) is 11.8 Å². The molecule has 3 aromatic heterocycles. The summed E-state index contributed by atoms with van der Waals surface area (Å²) in [6.07, 6.45) is 1.66. The highest BCUT2D eigenvalue weighted by Gasteiger charge is 2.23. The maximum Gasteiger partial charge on any atom is 0.340 e. The van der Waals surface area contributed by atoms with Crippen molar-refractivity contribution in [1.82, 2.24) is 9.38 Å². The molecule has 0 fully saturated rings. The fourth-order valence-electron chi connectivity index (χ4n) is 3.26. The van der Waals surface area contributed by atoms with Crippen molar-refractivity contribution in [2.45, 2.75) is 6.92 Å². The zero-order valence-corrected chi connectivity index (χ0v) is 15.6. The van der Waals surface area contributed by atoms with E-state index < -0.39 is 11.8 Å². The van der Waals surface area contributed by atoms with Crippen LogP contribution in [0.1, 0.15) is 33.3 Å². The molecular formula is C23H17FN2O3. The Morgan fingerprint density at radius 1 is 1.03 bits per heavy atom. The monoisotopic (exact) mass is 388 g/mol. The van der Waals surface area contributed by atoms with E-state index >= 15 is 0 Å². The molecule has 29 heavy (non-hydrogen) atoms. The number of rotatable bonds is 5. The smallest absolute Gasteiger partial charge is 0.340 e. The van der Waals surface area contributed by atoms with Crippen LogP contribution >= 0.6 is 0 Å². The number of benzene rings is 1. The highest BCUT2D eigenvalue weighted by Crippen LogP contribution is 2.27. The topological polar surface area (TPSA) is 60.7 Å². The van der Waals surface area contributed by atoms with Crippen LogP contribution in [0.4, 0.5) is 4.39 Å². The minimum atomic E-state index is -0.513. The van der Waals surface area contributed by atoms with Gasteiger partial charge in [-0.3, -0.25) is 9.78 Å². The maximum atomic E-state index is 13.3. The average molecular weight is 388 g/mol. The van der Waals surface area contributed by atoms with E-state index in [0.29, 0.717) is 22.5 Å². The van der Waals surface area contributed by atoms with Crippen molar-refractivity contribution in [3.63, 3.8) is 0 Å². The Kier molecular flexibility index (Phi) is 4.91. The summed E-state index contributed by atoms with van der Waals surface area (Å²) in [5.74, 6) is -1.27. The van der Waals surface area contributed by atoms with Crippen LogP contribution in [0.5, 0.6) is 0 Å². The highest BCUT2D eigenvalue weighted by molar-refractivity contribution is 6.11. The van der Waals surface area contributed by atoms with Gasteiger partial charge in [0.15, 0.2) is 0 Å². The van der Waals surface area contributed by atoms with Crippen LogP contribution in [-0.2, 0) is 4.74 Å². The Morgan fingerprint density at radius 2 is 1.83 bits per heavy atom. The minimum Gasteiger partial charge on any atom is -0.462 e. The number of aromatic nitrogens is 2. The third-order valence-electron chi connectivity index (χ3n) is 4.55. The minimum absolute atomic E-state index is 0.220. The zero-order chi connectivity index (χ0) is 20.4. The SMILES string of the molecule is CCOC(=O)c1cc(C(=O)c2ccc(F)cc2)n2c(-c3ccccn3)cccc12. The van der Waals surface area contributed by atoms with E-state index in [9.17, 15) is 14.0 Å². The van der Waals surface area contributed by atoms with E-state index in [1.165, 1.54) is 30.3 Å². The molecule has 6 heteroatoms. The van der Waals surface area contributed by atoms with Gasteiger partial charge in [-0.1, -0.05) is 12.1 Å². The molecule has 1 aromatic carbocycles. The molecule has 0 N–H and O–H groups in total. The van der Waals surface area contributed by atoms with Gasteiger partial charge in [0.1, 0.15) is 5.82 Å². The van der Waals surface area contributed by atoms with E-state index in [4.69, 9.17) is 4.74 Å². The second kappa shape index (κ2) is 7.67. The number of pyridine rings is 2. The first kappa shape index (κ1) is 18.6. The van der Waals surface area contributed by atoms with Crippen LogP contribution in [0.3, 0.4) is 0 Å². The van der Waals surface area contributed by atoms with Gasteiger partial charge in [-0.2, -0.15) is 0 Å². The molecule has 0 aliphatic rings. The van der Waals surface area contributed by atoms with Crippen LogP contribution in [0.2, 0.25) is 0 Å². The average Bonchev–Trinajstić information content (AvgIpc) is 3.14. The number of ether oxygens (including phenoxy) is 1. The number of carbonyl (C=O) groups excluding carboxylic acids is 2. The van der Waals surface area contributed by atoms with Crippen LogP contribution in [-0.4, -0.2) is 27.7 Å². The molecule has 0 unspecified atom stereocenters. The predicted octanol–water partition coefficient (Wildman–Crippen LogP) is 4.55. The normalized spacial score (nSPS) is 10.8. The molecule has 0 amide bonds. The maximum absolute atomic E-state index is 13.3. The molecule has 5 nitrogen and oxygen atoms in total. The summed E-state index contributed by atoms with van der Waals surface area (Å²) in [5.41, 5.74) is 2.72. The Hall–Kier alpha value is -3.80. The molecule has 0 aliphatic heterocycles. The lowest BCUT2D eigenvalue weighted by atomic mass is 10.1. The lowest BCUT2D eigenvalue weighted by Gasteiger charge is -2.09. The summed E-state index contributed by atoms with van der Waals surface area (Å²) in [4.78, 5) is 30.1. The standard InChI is InChI=1S/C23H17FN2O3/c1-2-29-23(28)17-14-21(22(27)15-9-11-16(24)12-10-15)26-19(17)7-5-8-20(26)18-6-3-4-13-25-18/h3-14H,2H2,1H3. The zero-order valence-electron chi connectivity index (χ0n) is 15.6. The lowest BCUT2D eigenvalue weighted by Crippen LogP contribution is -2.07. The van der Waals surface area contributed by atoms with Crippen LogP contribution in [0, 0.1) is 5.82 Å². The quantitative estimate of drug-likeness (QED) is 0.372. The van der Waals surface area contributed by atoms with Crippen molar-refractivity contribution in [1.29, 1.82) is 0 Å². The van der Waals surface area contributed by atoms with E-state index in [1.54, 1.807) is 35.7 Å². The fourth-order valence-corrected chi connectivity index (χ4v) is 3.26. The molecule has 144 valence electrons. The number of carbonyl (C=O) groups is 2. The first-order chi connectivity index (χ1) is 14.1. The molecular weight excluding hydrogens is 371 g/mol. The van der Waals surface area contributed by atoms with Crippen molar-refractivity contribution >= 4 is 17.3 Å². The van der Waals surface area contributed by atoms with Crippen molar-refractivity contribution in [3.05, 3.63) is 95.6 Å². The molecule has 0 radical (unpaired) electrons. The van der Waals surface area contributed by atoms with Crippen molar-refractivity contribution < 1.29 is 18.7 Å². The number of halogens is 1. The Bertz CT molecular complexity index is 1200. The molecule has 0 spiro atoms. The molecule has 0 aliphatic carbocycles. The number of hydrogen-bond donors (Lipinski definition) is 0. The number of ketones is 1. The number of esters is 1. The second-order valence-corrected chi connectivity index (χ2v) is 6.35. The fraction of sp³-hybridized carbons (Fsp3) is 0.0870. The number of fused-ring (bicyclic) bond motifs is 1. The van der Waals surface area contributed by atoms with Gasteiger partial charge < -0.3 is 9.14 Å². The Labute approximate surface area is 166 Å². The van der Waals surface area contributed by atoms with E-state index in [0.717, 1.165) is 0 Å². The van der Waals surface area contributed by atoms with E-state index in [-0.39, 0.29) is 23.6 Å². The Balaban J connectivity index is 1.98. The summed E-state index contributed by atoms with van der Waals surface area (Å²) in [6.45, 7) is 1.94. The summed E-state index contributed by atoms with van der Waals surface area (Å²) < 4.78 is 20.2. The Morgan fingerprint density at radius 3 is 2.52 bits per heavy atom. The van der Waals surface area contributed by atoms with Crippen molar-refractivity contribution in [2.24, 2.45) is 0 Å². The third-order valence-corrected chi connectivity index (χ3v) is 4.55. The van der Waals surface area contributed by atoms with Gasteiger partial charge >= 0.3 is 5.97 Å². The van der Waals surface area contributed by atoms with Gasteiger partial charge in [-0.15, -0.1) is 0 Å². The van der Waals surface area contributed by atoms with Crippen molar-refractivity contribution in [3.8, 4) is 11.4 Å². The summed E-state index contributed by atoms with van der Waals surface area (Å²) >= 11 is 0. The third kappa shape index (κ3) is 3.40. The van der Waals surface area contributed by atoms with Gasteiger partial charge in [0.25, 0.3) is 0 Å². The van der Waals surface area contributed by atoms with Gasteiger partial charge in [0.05, 0.1) is 34.8 Å². The largest absolute Gasteiger partial charge is 0.462 e. The molecule has 0 saturated carbocycles. The summed E-state index contributed by atoms with van der Waals surface area (Å²) in [7, 11) is 0. The summed E-state index contributed by atoms with van der Waals surface area (Å²) in [6, 6.07) is 17.7. The highest BCUT2D eigenvalue weighted by atomic mass is 19.1. The van der Waals surface area contributed by atoms with E-state index in [2.05, 4.69) is 4.98 Å².